The fourth-order valence-corrected chi connectivity index (χ4v) is 2.67. The van der Waals surface area contributed by atoms with Crippen LogP contribution in [0.15, 0.2) is 48.5 Å². The average molecular weight is 352 g/mol. The van der Waals surface area contributed by atoms with Gasteiger partial charge < -0.3 is 19.1 Å². The molecule has 0 fully saturated rings. The minimum Gasteiger partial charge on any atom is -0.486 e. The molecule has 0 unspecified atom stereocenters. The van der Waals surface area contributed by atoms with Crippen molar-refractivity contribution in [3.63, 3.8) is 0 Å². The van der Waals surface area contributed by atoms with Crippen LogP contribution in [-0.2, 0) is 4.79 Å². The zero-order valence-electron chi connectivity index (χ0n) is 14.6. The van der Waals surface area contributed by atoms with E-state index >= 15 is 0 Å². The third-order valence-corrected chi connectivity index (χ3v) is 4.07. The van der Waals surface area contributed by atoms with Crippen molar-refractivity contribution in [2.45, 2.75) is 13.0 Å². The molecule has 0 bridgehead atoms. The summed E-state index contributed by atoms with van der Waals surface area (Å²) in [5, 5.41) is 8.79. The number of ether oxygens (including phenoxy) is 3. The summed E-state index contributed by atoms with van der Waals surface area (Å²) in [6.45, 7) is 3.23. The molecule has 0 radical (unpaired) electrons. The summed E-state index contributed by atoms with van der Waals surface area (Å²) in [5.74, 6) is 1.85. The van der Waals surface area contributed by atoms with E-state index < -0.39 is 0 Å². The lowest BCUT2D eigenvalue weighted by molar-refractivity contribution is -0.134. The Morgan fingerprint density at radius 1 is 1.23 bits per heavy atom. The number of fused-ring (bicyclic) bond motifs is 1. The van der Waals surface area contributed by atoms with Crippen LogP contribution in [0.1, 0.15) is 12.5 Å². The summed E-state index contributed by atoms with van der Waals surface area (Å²) >= 11 is 0. The molecule has 1 aliphatic heterocycles. The first-order valence-electron chi connectivity index (χ1n) is 8.49. The lowest BCUT2D eigenvalue weighted by Gasteiger charge is -2.30. The molecule has 0 saturated carbocycles. The summed E-state index contributed by atoms with van der Waals surface area (Å²) in [7, 11) is 0. The molecule has 0 aromatic heterocycles. The molecule has 1 amide bonds. The normalized spacial score (nSPS) is 15.0. The van der Waals surface area contributed by atoms with E-state index in [2.05, 4.69) is 0 Å². The third kappa shape index (κ3) is 4.25. The van der Waals surface area contributed by atoms with Crippen molar-refractivity contribution < 1.29 is 19.0 Å². The summed E-state index contributed by atoms with van der Waals surface area (Å²) in [6, 6.07) is 16.2. The van der Waals surface area contributed by atoms with Gasteiger partial charge in [-0.15, -0.1) is 0 Å². The van der Waals surface area contributed by atoms with Gasteiger partial charge in [-0.25, -0.2) is 0 Å². The lowest BCUT2D eigenvalue weighted by Crippen LogP contribution is -2.45. The van der Waals surface area contributed by atoms with Crippen molar-refractivity contribution in [2.24, 2.45) is 0 Å². The van der Waals surface area contributed by atoms with E-state index in [4.69, 9.17) is 19.5 Å². The maximum atomic E-state index is 12.4. The van der Waals surface area contributed by atoms with Crippen molar-refractivity contribution in [2.75, 3.05) is 26.3 Å². The number of hydrogen-bond donors (Lipinski definition) is 0. The molecule has 2 aromatic carbocycles. The summed E-state index contributed by atoms with van der Waals surface area (Å²) < 4.78 is 17.1. The predicted octanol–water partition coefficient (Wildman–Crippen LogP) is 2.63. The number of nitriles is 1. The second-order valence-electron chi connectivity index (χ2n) is 5.85. The van der Waals surface area contributed by atoms with Gasteiger partial charge in [0.1, 0.15) is 12.4 Å². The molecule has 1 atom stereocenters. The number of carbonyl (C=O) groups excluding carboxylic acids is 1. The number of likely N-dealkylation sites (N-methyl/N-ethyl adjacent to an activating group) is 1. The van der Waals surface area contributed by atoms with Gasteiger partial charge in [-0.05, 0) is 43.3 Å². The molecule has 0 saturated heterocycles. The summed E-state index contributed by atoms with van der Waals surface area (Å²) in [4.78, 5) is 14.1. The molecule has 0 aliphatic carbocycles. The number of amides is 1. The van der Waals surface area contributed by atoms with Crippen molar-refractivity contribution >= 4 is 5.91 Å². The Bertz CT molecular complexity index is 798. The lowest BCUT2D eigenvalue weighted by atomic mass is 10.2. The fraction of sp³-hybridized carbons (Fsp3) is 0.300. The van der Waals surface area contributed by atoms with E-state index in [0.717, 1.165) is 5.75 Å². The number of carbonyl (C=O) groups is 1. The van der Waals surface area contributed by atoms with E-state index in [1.807, 2.05) is 37.3 Å². The van der Waals surface area contributed by atoms with Gasteiger partial charge in [0.2, 0.25) is 0 Å². The molecule has 0 N–H and O–H groups in total. The SMILES string of the molecule is CCN(C[C@@H]1COc2ccccc2O1)C(=O)COc1ccc(C#N)cc1. The van der Waals surface area contributed by atoms with Gasteiger partial charge in [0.25, 0.3) is 5.91 Å². The Kier molecular flexibility index (Phi) is 5.59. The second-order valence-corrected chi connectivity index (χ2v) is 5.85. The number of hydrogen-bond acceptors (Lipinski definition) is 5. The van der Waals surface area contributed by atoms with Crippen molar-refractivity contribution in [3.05, 3.63) is 54.1 Å². The molecule has 1 aliphatic rings. The van der Waals surface area contributed by atoms with E-state index in [9.17, 15) is 4.79 Å². The standard InChI is InChI=1S/C20H20N2O4/c1-2-22(12-17-13-25-18-5-3-4-6-19(18)26-17)20(23)14-24-16-9-7-15(11-21)8-10-16/h3-10,17H,2,12-14H2,1H3/t17-/m1/s1. The van der Waals surface area contributed by atoms with Gasteiger partial charge in [-0.2, -0.15) is 5.26 Å². The molecule has 134 valence electrons. The van der Waals surface area contributed by atoms with Crippen molar-refractivity contribution in [1.29, 1.82) is 5.26 Å². The van der Waals surface area contributed by atoms with E-state index in [0.29, 0.717) is 36.8 Å². The Hall–Kier alpha value is -3.20. The van der Waals surface area contributed by atoms with Crippen LogP contribution >= 0.6 is 0 Å². The Balaban J connectivity index is 1.53. The van der Waals surface area contributed by atoms with Crippen LogP contribution in [0.2, 0.25) is 0 Å². The van der Waals surface area contributed by atoms with Gasteiger partial charge in [-0.1, -0.05) is 12.1 Å². The zero-order chi connectivity index (χ0) is 18.4. The average Bonchev–Trinajstić information content (AvgIpc) is 2.70. The van der Waals surface area contributed by atoms with Crippen LogP contribution in [-0.4, -0.2) is 43.2 Å². The zero-order valence-corrected chi connectivity index (χ0v) is 14.6. The number of rotatable bonds is 6. The molecule has 3 rings (SSSR count). The monoisotopic (exact) mass is 352 g/mol. The molecule has 6 heteroatoms. The van der Waals surface area contributed by atoms with E-state index in [1.165, 1.54) is 0 Å². The van der Waals surface area contributed by atoms with Gasteiger partial charge >= 0.3 is 0 Å². The minimum absolute atomic E-state index is 0.0656. The summed E-state index contributed by atoms with van der Waals surface area (Å²) in [5.41, 5.74) is 0.550. The van der Waals surface area contributed by atoms with Crippen molar-refractivity contribution in [3.8, 4) is 23.3 Å². The highest BCUT2D eigenvalue weighted by atomic mass is 16.6. The number of benzene rings is 2. The number of nitrogens with zero attached hydrogens (tertiary/aromatic N) is 2. The maximum absolute atomic E-state index is 12.4. The van der Waals surface area contributed by atoms with Crippen LogP contribution in [0.3, 0.4) is 0 Å². The quantitative estimate of drug-likeness (QED) is 0.799. The smallest absolute Gasteiger partial charge is 0.260 e. The summed E-state index contributed by atoms with van der Waals surface area (Å²) in [6.07, 6.45) is -0.219. The van der Waals surface area contributed by atoms with Gasteiger partial charge in [0.05, 0.1) is 18.2 Å². The molecule has 26 heavy (non-hydrogen) atoms. The first-order valence-corrected chi connectivity index (χ1v) is 8.49. The van der Waals surface area contributed by atoms with Crippen molar-refractivity contribution in [1.82, 2.24) is 4.90 Å². The van der Waals surface area contributed by atoms with Gasteiger partial charge in [0, 0.05) is 6.54 Å². The highest BCUT2D eigenvalue weighted by Crippen LogP contribution is 2.31. The highest BCUT2D eigenvalue weighted by molar-refractivity contribution is 5.77. The maximum Gasteiger partial charge on any atom is 0.260 e. The fourth-order valence-electron chi connectivity index (χ4n) is 2.67. The highest BCUT2D eigenvalue weighted by Gasteiger charge is 2.24. The predicted molar refractivity (Wildman–Crippen MR) is 95.3 cm³/mol. The molecular weight excluding hydrogens is 332 g/mol. The van der Waals surface area contributed by atoms with E-state index in [1.54, 1.807) is 29.2 Å². The Labute approximate surface area is 152 Å². The van der Waals surface area contributed by atoms with Gasteiger partial charge in [-0.3, -0.25) is 4.79 Å². The van der Waals surface area contributed by atoms with E-state index in [-0.39, 0.29) is 18.6 Å². The molecular formula is C20H20N2O4. The second kappa shape index (κ2) is 8.26. The van der Waals surface area contributed by atoms with Crippen LogP contribution in [0.5, 0.6) is 17.2 Å². The first-order chi connectivity index (χ1) is 12.7. The topological polar surface area (TPSA) is 71.8 Å². The molecule has 1 heterocycles. The van der Waals surface area contributed by atoms with Crippen LogP contribution in [0, 0.1) is 11.3 Å². The van der Waals surface area contributed by atoms with Crippen LogP contribution in [0.4, 0.5) is 0 Å². The number of para-hydroxylation sites is 2. The molecule has 0 spiro atoms. The van der Waals surface area contributed by atoms with Crippen LogP contribution < -0.4 is 14.2 Å². The minimum atomic E-state index is -0.219. The van der Waals surface area contributed by atoms with Crippen LogP contribution in [0.25, 0.3) is 0 Å². The Morgan fingerprint density at radius 2 is 1.96 bits per heavy atom. The first kappa shape index (κ1) is 17.6. The van der Waals surface area contributed by atoms with Gasteiger partial charge in [0.15, 0.2) is 24.2 Å². The molecule has 6 nitrogen and oxygen atoms in total. The largest absolute Gasteiger partial charge is 0.486 e. The molecule has 2 aromatic rings. The third-order valence-electron chi connectivity index (χ3n) is 4.07. The Morgan fingerprint density at radius 3 is 2.65 bits per heavy atom.